The van der Waals surface area contributed by atoms with Crippen molar-refractivity contribution in [1.82, 2.24) is 0 Å². The Kier molecular flexibility index (Phi) is 52.3. The Morgan fingerprint density at radius 3 is 0.362 bits per heavy atom. The minimum Gasteiger partial charge on any atom is -0.550 e. The molecule has 314 valence electrons. The first kappa shape index (κ1) is 80.8. The normalized spacial score (nSPS) is 9.72. The summed E-state index contributed by atoms with van der Waals surface area (Å²) >= 11 is 0. The van der Waals surface area contributed by atoms with Gasteiger partial charge in [0.15, 0.2) is 0 Å². The van der Waals surface area contributed by atoms with Crippen LogP contribution in [-0.2, 0) is 109 Å². The van der Waals surface area contributed by atoms with E-state index in [2.05, 4.69) is 0 Å². The van der Waals surface area contributed by atoms with Crippen LogP contribution in [0.4, 0.5) is 0 Å². The monoisotopic (exact) mass is 1040 g/mol. The topological polar surface area (TPSA) is 562 Å². The molecule has 0 heterocycles. The summed E-state index contributed by atoms with van der Waals surface area (Å²) in [5.41, 5.74) is -11.9. The summed E-state index contributed by atoms with van der Waals surface area (Å²) in [4.78, 5) is 120. The van der Waals surface area contributed by atoms with Crippen LogP contribution < -0.4 is 61.3 Å². The van der Waals surface area contributed by atoms with E-state index in [9.17, 15) is 119 Å². The van der Waals surface area contributed by atoms with Gasteiger partial charge >= 0.3 is 164 Å². The molecule has 0 saturated carbocycles. The summed E-state index contributed by atoms with van der Waals surface area (Å²) in [6, 6.07) is 0. The van der Waals surface area contributed by atoms with Crippen molar-refractivity contribution in [1.29, 1.82) is 0 Å². The van der Waals surface area contributed by atoms with Gasteiger partial charge in [0.25, 0.3) is 0 Å². The summed E-state index contributed by atoms with van der Waals surface area (Å²) in [5.74, 6) is -23.9. The van der Waals surface area contributed by atoms with Crippen LogP contribution in [0.2, 0.25) is 0 Å². The van der Waals surface area contributed by atoms with E-state index >= 15 is 0 Å². The third-order valence-corrected chi connectivity index (χ3v) is 5.01. The van der Waals surface area contributed by atoms with Crippen LogP contribution in [0.15, 0.2) is 0 Å². The molecule has 0 bridgehead atoms. The van der Waals surface area contributed by atoms with Crippen molar-refractivity contribution >= 4 is 185 Å². The van der Waals surface area contributed by atoms with E-state index in [-0.39, 0.29) is 164 Å². The van der Waals surface area contributed by atoms with Crippen molar-refractivity contribution < 1.29 is 190 Å². The van der Waals surface area contributed by atoms with Crippen molar-refractivity contribution in [3.8, 4) is 0 Å². The van der Waals surface area contributed by atoms with Gasteiger partial charge in [0.1, 0.15) is 22.4 Å². The molecule has 0 unspecified atom stereocenters. The van der Waals surface area contributed by atoms with E-state index in [0.29, 0.717) is 0 Å². The largest absolute Gasteiger partial charge is 2.00 e. The van der Waals surface area contributed by atoms with Gasteiger partial charge < -0.3 is 139 Å². The molecule has 0 aliphatic carbocycles. The van der Waals surface area contributed by atoms with Crippen molar-refractivity contribution in [3.63, 3.8) is 0 Å². The number of rotatable bonds is 20. The van der Waals surface area contributed by atoms with Gasteiger partial charge in [0.05, 0.1) is 23.9 Å². The van der Waals surface area contributed by atoms with E-state index in [1.807, 2.05) is 0 Å². The molecule has 0 rings (SSSR count). The van der Waals surface area contributed by atoms with Crippen LogP contribution in [0, 0.1) is 0 Å². The number of carboxylic acids is 12. The Balaban J connectivity index is -0.0000000640. The Bertz CT molecular complexity index is 1150. The van der Waals surface area contributed by atoms with Gasteiger partial charge in [-0.05, 0) is 0 Å². The van der Waals surface area contributed by atoms with Gasteiger partial charge in [-0.2, -0.15) is 0 Å². The maximum Gasteiger partial charge on any atom is 2.00 e. The third kappa shape index (κ3) is 40.2. The first-order valence-electron chi connectivity index (χ1n) is 12.5. The molecule has 0 atom stereocenters. The molecule has 4 N–H and O–H groups in total. The molecule has 0 amide bonds. The molecule has 58 heavy (non-hydrogen) atoms. The number of hydrogen-bond donors (Lipinski definition) is 4. The van der Waals surface area contributed by atoms with Crippen molar-refractivity contribution in [2.45, 2.75) is 73.8 Å². The Labute approximate surface area is 443 Å². The number of carbonyl (C=O) groups is 12. The Morgan fingerprint density at radius 2 is 0.328 bits per heavy atom. The third-order valence-electron chi connectivity index (χ3n) is 5.01. The van der Waals surface area contributed by atoms with Crippen LogP contribution in [0.1, 0.15) is 51.4 Å². The molecular weight excluding hydrogens is 1020 g/mol. The molecule has 0 saturated heterocycles. The van der Waals surface area contributed by atoms with E-state index in [4.69, 9.17) is 20.4 Å². The maximum absolute atomic E-state index is 10.1. The molecule has 28 nitrogen and oxygen atoms in total. The Hall–Kier alpha value is -1.18. The van der Waals surface area contributed by atoms with Gasteiger partial charge in [0, 0.05) is 99.1 Å². The minimum absolute atomic E-state index is 0. The standard InChI is InChI=1S/4C6H8O7.3Ca.3Fe/c4*7-3(8)1-6(13,5(11)12)2-4(9)10;;;;;;/h4*13H,1-2H2,(H,7,8)(H,9,10)(H,11,12);;;;;;/q;;;;6*+2/p-12. The van der Waals surface area contributed by atoms with Crippen LogP contribution >= 0.6 is 0 Å². The summed E-state index contributed by atoms with van der Waals surface area (Å²) in [5, 5.41) is 156. The molecule has 0 spiro atoms. The van der Waals surface area contributed by atoms with Gasteiger partial charge in [-0.3, -0.25) is 0 Å². The van der Waals surface area contributed by atoms with E-state index < -0.39 is 145 Å². The molecule has 0 aromatic heterocycles. The van der Waals surface area contributed by atoms with Crippen LogP contribution in [-0.4, -0.2) is 228 Å². The first-order chi connectivity index (χ1) is 23.1. The predicted molar refractivity (Wildman–Crippen MR) is 134 cm³/mol. The quantitative estimate of drug-likeness (QED) is 0.0823. The SMILES string of the molecule is O=C([O-])CC(O)(CC(=O)[O-])C(=O)[O-].O=C([O-])CC(O)(CC(=O)[O-])C(=O)[O-].O=C([O-])CC(O)(CC(=O)[O-])C(=O)[O-].O=C([O-])CC(O)(CC(=O)[O-])C(=O)[O-].[Ca+2].[Ca+2].[Ca+2].[Fe+2].[Fe+2].[Fe+2]. The fraction of sp³-hybridized carbons (Fsp3) is 0.500. The van der Waals surface area contributed by atoms with Crippen LogP contribution in [0.3, 0.4) is 0 Å². The minimum atomic E-state index is -2.97. The fourth-order valence-corrected chi connectivity index (χ4v) is 2.74. The molecular formula is C24H20Ca3Fe3O28. The Morgan fingerprint density at radius 1 is 0.259 bits per heavy atom. The van der Waals surface area contributed by atoms with E-state index in [1.165, 1.54) is 0 Å². The first-order valence-corrected chi connectivity index (χ1v) is 12.5. The second-order valence-corrected chi connectivity index (χ2v) is 9.67. The molecule has 0 aliphatic rings. The summed E-state index contributed by atoms with van der Waals surface area (Å²) in [6.45, 7) is 0. The second kappa shape index (κ2) is 37.6. The zero-order valence-electron chi connectivity index (χ0n) is 28.4. The summed E-state index contributed by atoms with van der Waals surface area (Å²) in [7, 11) is 0. The summed E-state index contributed by atoms with van der Waals surface area (Å²) < 4.78 is 0. The van der Waals surface area contributed by atoms with Gasteiger partial charge in [-0.15, -0.1) is 0 Å². The smallest absolute Gasteiger partial charge is 0.550 e. The number of hydrogen-bond acceptors (Lipinski definition) is 28. The molecule has 0 fully saturated rings. The van der Waals surface area contributed by atoms with Gasteiger partial charge in [-0.25, -0.2) is 0 Å². The molecule has 0 radical (unpaired) electrons. The van der Waals surface area contributed by atoms with Crippen molar-refractivity contribution in [2.75, 3.05) is 0 Å². The van der Waals surface area contributed by atoms with E-state index in [1.54, 1.807) is 0 Å². The molecule has 0 aromatic carbocycles. The van der Waals surface area contributed by atoms with Gasteiger partial charge in [0.2, 0.25) is 0 Å². The van der Waals surface area contributed by atoms with E-state index in [0.717, 1.165) is 0 Å². The molecule has 0 aromatic rings. The zero-order valence-corrected chi connectivity index (χ0v) is 38.4. The number of carbonyl (C=O) groups excluding carboxylic acids is 12. The average molecular weight is 1040 g/mol. The number of carboxylic acid groups (broad SMARTS) is 12. The molecule has 34 heteroatoms. The maximum atomic E-state index is 10.1. The van der Waals surface area contributed by atoms with Gasteiger partial charge in [-0.1, -0.05) is 0 Å². The molecule has 0 aliphatic heterocycles. The number of aliphatic carboxylic acids is 12. The summed E-state index contributed by atoms with van der Waals surface area (Å²) in [6.07, 6.45) is -10.9. The van der Waals surface area contributed by atoms with Crippen molar-refractivity contribution in [2.24, 2.45) is 0 Å². The second-order valence-electron chi connectivity index (χ2n) is 9.67. The fourth-order valence-electron chi connectivity index (χ4n) is 2.74. The van der Waals surface area contributed by atoms with Crippen LogP contribution in [0.5, 0.6) is 0 Å². The predicted octanol–water partition coefficient (Wildman–Crippen LogP) is -22.2. The average Bonchev–Trinajstić information content (AvgIpc) is 2.85. The number of aliphatic hydroxyl groups is 4. The van der Waals surface area contributed by atoms with Crippen molar-refractivity contribution in [3.05, 3.63) is 0 Å². The zero-order chi connectivity index (χ0) is 42.6. The van der Waals surface area contributed by atoms with Crippen LogP contribution in [0.25, 0.3) is 0 Å².